The van der Waals surface area contributed by atoms with Crippen LogP contribution in [0.3, 0.4) is 0 Å². The molecule has 0 radical (unpaired) electrons. The lowest BCUT2D eigenvalue weighted by Gasteiger charge is -2.27. The molecule has 1 aromatic carbocycles. The number of ether oxygens (including phenoxy) is 1. The topological polar surface area (TPSA) is 69.1 Å². The number of likely N-dealkylation sites (tertiary alicyclic amines) is 1. The third-order valence-corrected chi connectivity index (χ3v) is 4.71. The van der Waals surface area contributed by atoms with Gasteiger partial charge in [-0.2, -0.15) is 5.26 Å². The Morgan fingerprint density at radius 1 is 1.24 bits per heavy atom. The first kappa shape index (κ1) is 17.2. The Bertz CT molecular complexity index is 858. The molecule has 0 bridgehead atoms. The fraction of sp³-hybridized carbons (Fsp3) is 0.400. The van der Waals surface area contributed by atoms with Crippen molar-refractivity contribution >= 4 is 0 Å². The fourth-order valence-corrected chi connectivity index (χ4v) is 3.46. The van der Waals surface area contributed by atoms with Gasteiger partial charge < -0.3 is 9.72 Å². The van der Waals surface area contributed by atoms with E-state index >= 15 is 0 Å². The van der Waals surface area contributed by atoms with Crippen LogP contribution in [0.4, 0.5) is 0 Å². The molecule has 1 N–H and O–H groups in total. The summed E-state index contributed by atoms with van der Waals surface area (Å²) in [4.78, 5) is 17.2. The average Bonchev–Trinajstić information content (AvgIpc) is 2.62. The van der Waals surface area contributed by atoms with Crippen LogP contribution in [0.2, 0.25) is 0 Å². The van der Waals surface area contributed by atoms with Crippen molar-refractivity contribution in [2.45, 2.75) is 32.7 Å². The van der Waals surface area contributed by atoms with Crippen LogP contribution in [0.15, 0.2) is 29.1 Å². The largest absolute Gasteiger partial charge is 0.496 e. The molecule has 1 aromatic heterocycles. The van der Waals surface area contributed by atoms with E-state index in [0.717, 1.165) is 42.2 Å². The Hall–Kier alpha value is -2.58. The zero-order valence-electron chi connectivity index (χ0n) is 14.8. The summed E-state index contributed by atoms with van der Waals surface area (Å²) >= 11 is 0. The van der Waals surface area contributed by atoms with Gasteiger partial charge in [0.15, 0.2) is 0 Å². The van der Waals surface area contributed by atoms with Crippen LogP contribution in [-0.2, 0) is 6.54 Å². The minimum atomic E-state index is -0.342. The molecular formula is C20H23N3O2. The molecule has 1 aliphatic heterocycles. The van der Waals surface area contributed by atoms with Gasteiger partial charge in [-0.1, -0.05) is 12.5 Å². The number of pyridine rings is 1. The summed E-state index contributed by atoms with van der Waals surface area (Å²) in [6.45, 7) is 4.84. The van der Waals surface area contributed by atoms with E-state index in [9.17, 15) is 10.1 Å². The summed E-state index contributed by atoms with van der Waals surface area (Å²) in [5.41, 5.74) is 3.19. The average molecular weight is 337 g/mol. The smallest absolute Gasteiger partial charge is 0.266 e. The molecule has 25 heavy (non-hydrogen) atoms. The number of aromatic nitrogens is 1. The molecule has 5 heteroatoms. The Labute approximate surface area is 147 Å². The Kier molecular flexibility index (Phi) is 5.20. The fourth-order valence-electron chi connectivity index (χ4n) is 3.46. The monoisotopic (exact) mass is 337 g/mol. The van der Waals surface area contributed by atoms with E-state index in [-0.39, 0.29) is 11.1 Å². The van der Waals surface area contributed by atoms with Crippen molar-refractivity contribution in [1.29, 1.82) is 5.26 Å². The second-order valence-corrected chi connectivity index (χ2v) is 6.55. The van der Waals surface area contributed by atoms with Gasteiger partial charge in [-0.25, -0.2) is 0 Å². The highest BCUT2D eigenvalue weighted by Gasteiger charge is 2.16. The number of hydrogen-bond donors (Lipinski definition) is 1. The van der Waals surface area contributed by atoms with Crippen molar-refractivity contribution in [2.24, 2.45) is 0 Å². The standard InChI is InChI=1S/C20H23N3O2/c1-14-10-17(18(12-21)20(24)22-14)15-6-7-19(25-2)16(11-15)13-23-8-4-3-5-9-23/h6-7,10-11H,3-5,8-9,13H2,1-2H3,(H,22,24). The molecule has 1 fully saturated rings. The first-order valence-corrected chi connectivity index (χ1v) is 8.66. The molecule has 0 unspecified atom stereocenters. The van der Waals surface area contributed by atoms with Crippen molar-refractivity contribution in [3.05, 3.63) is 51.4 Å². The molecule has 2 heterocycles. The Balaban J connectivity index is 2.02. The molecule has 0 spiro atoms. The quantitative estimate of drug-likeness (QED) is 0.930. The summed E-state index contributed by atoms with van der Waals surface area (Å²) in [7, 11) is 1.67. The number of aromatic amines is 1. The van der Waals surface area contributed by atoms with Gasteiger partial charge in [0.05, 0.1) is 7.11 Å². The molecule has 2 aromatic rings. The summed E-state index contributed by atoms with van der Waals surface area (Å²) in [5.74, 6) is 0.842. The van der Waals surface area contributed by atoms with E-state index < -0.39 is 0 Å². The zero-order valence-corrected chi connectivity index (χ0v) is 14.8. The number of nitrogens with one attached hydrogen (secondary N) is 1. The van der Waals surface area contributed by atoms with Gasteiger partial charge in [-0.15, -0.1) is 0 Å². The van der Waals surface area contributed by atoms with Crippen molar-refractivity contribution in [1.82, 2.24) is 9.88 Å². The van der Waals surface area contributed by atoms with Crippen LogP contribution < -0.4 is 10.3 Å². The van der Waals surface area contributed by atoms with Gasteiger partial charge in [-0.05, 0) is 56.6 Å². The Morgan fingerprint density at radius 3 is 2.68 bits per heavy atom. The SMILES string of the molecule is COc1ccc(-c2cc(C)[nH]c(=O)c2C#N)cc1CN1CCCCC1. The number of hydrogen-bond acceptors (Lipinski definition) is 4. The molecule has 130 valence electrons. The Morgan fingerprint density at radius 2 is 2.00 bits per heavy atom. The van der Waals surface area contributed by atoms with Crippen molar-refractivity contribution in [3.8, 4) is 22.9 Å². The highest BCUT2D eigenvalue weighted by molar-refractivity contribution is 5.71. The number of benzene rings is 1. The van der Waals surface area contributed by atoms with Gasteiger partial charge in [0, 0.05) is 23.4 Å². The summed E-state index contributed by atoms with van der Waals surface area (Å²) in [6.07, 6.45) is 3.76. The summed E-state index contributed by atoms with van der Waals surface area (Å²) in [5, 5.41) is 9.38. The molecule has 1 saturated heterocycles. The van der Waals surface area contributed by atoms with E-state index in [1.54, 1.807) is 7.11 Å². The predicted molar refractivity (Wildman–Crippen MR) is 97.6 cm³/mol. The van der Waals surface area contributed by atoms with Gasteiger partial charge in [0.2, 0.25) is 0 Å². The maximum atomic E-state index is 12.1. The highest BCUT2D eigenvalue weighted by atomic mass is 16.5. The van der Waals surface area contributed by atoms with E-state index in [2.05, 4.69) is 9.88 Å². The van der Waals surface area contributed by atoms with E-state index in [0.29, 0.717) is 5.56 Å². The lowest BCUT2D eigenvalue weighted by atomic mass is 9.98. The second-order valence-electron chi connectivity index (χ2n) is 6.55. The third-order valence-electron chi connectivity index (χ3n) is 4.71. The number of nitriles is 1. The second kappa shape index (κ2) is 7.54. The molecule has 0 saturated carbocycles. The lowest BCUT2D eigenvalue weighted by molar-refractivity contribution is 0.218. The minimum absolute atomic E-state index is 0.152. The minimum Gasteiger partial charge on any atom is -0.496 e. The molecule has 3 rings (SSSR count). The van der Waals surface area contributed by atoms with Crippen LogP contribution in [0, 0.1) is 18.3 Å². The third kappa shape index (κ3) is 3.75. The summed E-state index contributed by atoms with van der Waals surface area (Å²) in [6, 6.07) is 9.76. The van der Waals surface area contributed by atoms with Gasteiger partial charge >= 0.3 is 0 Å². The van der Waals surface area contributed by atoms with Gasteiger partial charge in [0.1, 0.15) is 17.4 Å². The molecule has 1 aliphatic rings. The zero-order chi connectivity index (χ0) is 17.8. The molecule has 5 nitrogen and oxygen atoms in total. The van der Waals surface area contributed by atoms with Crippen LogP contribution >= 0.6 is 0 Å². The van der Waals surface area contributed by atoms with Crippen LogP contribution in [0.1, 0.15) is 36.1 Å². The number of rotatable bonds is 4. The van der Waals surface area contributed by atoms with Crippen molar-refractivity contribution in [2.75, 3.05) is 20.2 Å². The van der Waals surface area contributed by atoms with Crippen LogP contribution in [-0.4, -0.2) is 30.1 Å². The first-order valence-electron chi connectivity index (χ1n) is 8.66. The molecule has 0 atom stereocenters. The number of H-pyrrole nitrogens is 1. The van der Waals surface area contributed by atoms with Crippen LogP contribution in [0.5, 0.6) is 5.75 Å². The number of nitrogens with zero attached hydrogens (tertiary/aromatic N) is 2. The first-order chi connectivity index (χ1) is 12.1. The van der Waals surface area contributed by atoms with E-state index in [4.69, 9.17) is 4.74 Å². The number of methoxy groups -OCH3 is 1. The van der Waals surface area contributed by atoms with E-state index in [1.807, 2.05) is 37.3 Å². The molecule has 0 aliphatic carbocycles. The van der Waals surface area contributed by atoms with Gasteiger partial charge in [0.25, 0.3) is 5.56 Å². The van der Waals surface area contributed by atoms with Gasteiger partial charge in [-0.3, -0.25) is 9.69 Å². The number of piperidine rings is 1. The molecular weight excluding hydrogens is 314 g/mol. The summed E-state index contributed by atoms with van der Waals surface area (Å²) < 4.78 is 5.52. The van der Waals surface area contributed by atoms with E-state index in [1.165, 1.54) is 19.3 Å². The van der Waals surface area contributed by atoms with Crippen LogP contribution in [0.25, 0.3) is 11.1 Å². The normalized spacial score (nSPS) is 14.9. The maximum absolute atomic E-state index is 12.1. The van der Waals surface area contributed by atoms with Crippen molar-refractivity contribution < 1.29 is 4.74 Å². The predicted octanol–water partition coefficient (Wildman–Crippen LogP) is 3.22. The lowest BCUT2D eigenvalue weighted by Crippen LogP contribution is -2.29. The van der Waals surface area contributed by atoms with Crippen molar-refractivity contribution in [3.63, 3.8) is 0 Å². The maximum Gasteiger partial charge on any atom is 0.266 e. The highest BCUT2D eigenvalue weighted by Crippen LogP contribution is 2.29. The number of aryl methyl sites for hydroxylation is 1. The molecule has 0 amide bonds.